The van der Waals surface area contributed by atoms with E-state index in [2.05, 4.69) is 13.2 Å². The first kappa shape index (κ1) is 16.8. The highest BCUT2D eigenvalue weighted by atomic mass is 32.2. The number of aromatic hydroxyl groups is 2. The molecule has 2 unspecified atom stereocenters. The van der Waals surface area contributed by atoms with Gasteiger partial charge in [0.25, 0.3) is 0 Å². The Kier molecular flexibility index (Phi) is 4.91. The van der Waals surface area contributed by atoms with Crippen LogP contribution in [-0.4, -0.2) is 18.6 Å². The maximum atomic E-state index is 13.0. The standard InChI is InChI=1S/C18H18O4S/c1-3-17(13-9-5-7-11-15(13)19)23(21,22)18(4-2)14-10-6-8-12-16(14)20/h3-12,17-20H,1-2H2. The summed E-state index contributed by atoms with van der Waals surface area (Å²) in [6.45, 7) is 7.18. The highest BCUT2D eigenvalue weighted by Gasteiger charge is 2.35. The summed E-state index contributed by atoms with van der Waals surface area (Å²) in [6.07, 6.45) is 2.53. The lowest BCUT2D eigenvalue weighted by Gasteiger charge is -2.22. The van der Waals surface area contributed by atoms with Gasteiger partial charge in [0.05, 0.1) is 0 Å². The van der Waals surface area contributed by atoms with Crippen molar-refractivity contribution in [1.29, 1.82) is 0 Å². The summed E-state index contributed by atoms with van der Waals surface area (Å²) in [5.41, 5.74) is 0.481. The monoisotopic (exact) mass is 330 g/mol. The number of phenols is 2. The molecule has 0 saturated carbocycles. The van der Waals surface area contributed by atoms with Gasteiger partial charge in [0.15, 0.2) is 9.84 Å². The highest BCUT2D eigenvalue weighted by molar-refractivity contribution is 7.92. The Morgan fingerprint density at radius 3 is 1.43 bits per heavy atom. The second-order valence-electron chi connectivity index (χ2n) is 5.02. The molecule has 2 atom stereocenters. The molecule has 0 aliphatic carbocycles. The lowest BCUT2D eigenvalue weighted by Crippen LogP contribution is -2.18. The lowest BCUT2D eigenvalue weighted by atomic mass is 10.1. The summed E-state index contributed by atoms with van der Waals surface area (Å²) in [5, 5.41) is 17.7. The van der Waals surface area contributed by atoms with Gasteiger partial charge in [-0.3, -0.25) is 0 Å². The van der Waals surface area contributed by atoms with Crippen LogP contribution in [0.5, 0.6) is 11.5 Å². The van der Waals surface area contributed by atoms with Crippen LogP contribution in [0.1, 0.15) is 21.6 Å². The number of para-hydroxylation sites is 2. The highest BCUT2D eigenvalue weighted by Crippen LogP contribution is 2.40. The Bertz CT molecular complexity index is 761. The fourth-order valence-corrected chi connectivity index (χ4v) is 4.45. The third kappa shape index (κ3) is 3.14. The molecule has 0 radical (unpaired) electrons. The maximum absolute atomic E-state index is 13.0. The van der Waals surface area contributed by atoms with Crippen molar-refractivity contribution in [3.8, 4) is 11.5 Å². The zero-order valence-electron chi connectivity index (χ0n) is 12.5. The smallest absolute Gasteiger partial charge is 0.171 e. The normalized spacial score (nSPS) is 13.9. The fraction of sp³-hybridized carbons (Fsp3) is 0.111. The van der Waals surface area contributed by atoms with E-state index in [0.717, 1.165) is 0 Å². The molecule has 0 bridgehead atoms. The Labute approximate surface area is 136 Å². The van der Waals surface area contributed by atoms with Gasteiger partial charge in [-0.25, -0.2) is 8.42 Å². The zero-order valence-corrected chi connectivity index (χ0v) is 13.3. The maximum Gasteiger partial charge on any atom is 0.171 e. The van der Waals surface area contributed by atoms with Crippen molar-refractivity contribution >= 4 is 9.84 Å². The topological polar surface area (TPSA) is 74.6 Å². The van der Waals surface area contributed by atoms with Gasteiger partial charge in [-0.1, -0.05) is 48.6 Å². The summed E-state index contributed by atoms with van der Waals surface area (Å²) in [6, 6.07) is 12.4. The molecule has 2 aromatic carbocycles. The Balaban J connectivity index is 2.58. The summed E-state index contributed by atoms with van der Waals surface area (Å²) in [5.74, 6) is -0.248. The molecule has 0 aromatic heterocycles. The molecular formula is C18H18O4S. The second-order valence-corrected chi connectivity index (χ2v) is 7.21. The van der Waals surface area contributed by atoms with Gasteiger partial charge in [0.1, 0.15) is 22.0 Å². The number of sulfone groups is 1. The Morgan fingerprint density at radius 2 is 1.13 bits per heavy atom. The van der Waals surface area contributed by atoms with Crippen molar-refractivity contribution in [2.24, 2.45) is 0 Å². The van der Waals surface area contributed by atoms with Gasteiger partial charge in [0, 0.05) is 11.1 Å². The van der Waals surface area contributed by atoms with Gasteiger partial charge < -0.3 is 10.2 Å². The minimum Gasteiger partial charge on any atom is -0.508 e. The van der Waals surface area contributed by atoms with Crippen molar-refractivity contribution in [3.63, 3.8) is 0 Å². The van der Waals surface area contributed by atoms with Crippen molar-refractivity contribution in [2.45, 2.75) is 10.5 Å². The molecule has 2 rings (SSSR count). The van der Waals surface area contributed by atoms with Crippen LogP contribution in [0.15, 0.2) is 73.8 Å². The van der Waals surface area contributed by atoms with Crippen LogP contribution in [0.25, 0.3) is 0 Å². The summed E-state index contributed by atoms with van der Waals surface area (Å²) < 4.78 is 26.1. The van der Waals surface area contributed by atoms with Crippen LogP contribution in [0.4, 0.5) is 0 Å². The van der Waals surface area contributed by atoms with E-state index in [0.29, 0.717) is 0 Å². The zero-order chi connectivity index (χ0) is 17.0. The van der Waals surface area contributed by atoms with E-state index in [9.17, 15) is 18.6 Å². The summed E-state index contributed by atoms with van der Waals surface area (Å²) >= 11 is 0. The van der Waals surface area contributed by atoms with Gasteiger partial charge in [-0.05, 0) is 12.1 Å². The fourth-order valence-electron chi connectivity index (χ4n) is 2.49. The average molecular weight is 330 g/mol. The van der Waals surface area contributed by atoms with E-state index in [1.165, 1.54) is 36.4 Å². The molecule has 4 nitrogen and oxygen atoms in total. The van der Waals surface area contributed by atoms with Crippen molar-refractivity contribution in [1.82, 2.24) is 0 Å². The third-order valence-electron chi connectivity index (χ3n) is 3.62. The number of benzene rings is 2. The number of hydrogen-bond donors (Lipinski definition) is 2. The molecule has 0 saturated heterocycles. The molecule has 5 heteroatoms. The van der Waals surface area contributed by atoms with Crippen LogP contribution in [-0.2, 0) is 9.84 Å². The SMILES string of the molecule is C=CC(c1ccccc1O)S(=O)(=O)C(C=C)c1ccccc1O. The third-order valence-corrected chi connectivity index (χ3v) is 5.93. The van der Waals surface area contributed by atoms with Crippen LogP contribution >= 0.6 is 0 Å². The lowest BCUT2D eigenvalue weighted by molar-refractivity contribution is 0.466. The number of hydrogen-bond acceptors (Lipinski definition) is 4. The molecule has 120 valence electrons. The molecule has 0 spiro atoms. The summed E-state index contributed by atoms with van der Waals surface area (Å²) in [4.78, 5) is 0. The van der Waals surface area contributed by atoms with Gasteiger partial charge >= 0.3 is 0 Å². The molecule has 2 N–H and O–H groups in total. The summed E-state index contributed by atoms with van der Waals surface area (Å²) in [7, 11) is -3.87. The van der Waals surface area contributed by atoms with Gasteiger partial charge in [-0.15, -0.1) is 13.2 Å². The van der Waals surface area contributed by atoms with E-state index in [-0.39, 0.29) is 22.6 Å². The number of rotatable bonds is 6. The van der Waals surface area contributed by atoms with Crippen molar-refractivity contribution in [2.75, 3.05) is 0 Å². The first-order valence-corrected chi connectivity index (χ1v) is 8.58. The minimum absolute atomic E-state index is 0.124. The van der Waals surface area contributed by atoms with E-state index >= 15 is 0 Å². The quantitative estimate of drug-likeness (QED) is 0.793. The van der Waals surface area contributed by atoms with Crippen LogP contribution in [0.2, 0.25) is 0 Å². The van der Waals surface area contributed by atoms with E-state index in [1.807, 2.05) is 0 Å². The first-order chi connectivity index (χ1) is 10.9. The van der Waals surface area contributed by atoms with Crippen molar-refractivity contribution < 1.29 is 18.6 Å². The molecule has 0 amide bonds. The predicted molar refractivity (Wildman–Crippen MR) is 91.0 cm³/mol. The molecule has 0 fully saturated rings. The van der Waals surface area contributed by atoms with Crippen LogP contribution in [0.3, 0.4) is 0 Å². The molecule has 0 aliphatic rings. The second kappa shape index (κ2) is 6.71. The van der Waals surface area contributed by atoms with E-state index in [4.69, 9.17) is 0 Å². The largest absolute Gasteiger partial charge is 0.508 e. The Morgan fingerprint density at radius 1 is 0.783 bits per heavy atom. The minimum atomic E-state index is -3.87. The van der Waals surface area contributed by atoms with E-state index < -0.39 is 20.3 Å². The molecule has 0 heterocycles. The predicted octanol–water partition coefficient (Wildman–Crippen LogP) is 3.67. The average Bonchev–Trinajstić information content (AvgIpc) is 2.52. The van der Waals surface area contributed by atoms with Crippen molar-refractivity contribution in [3.05, 3.63) is 85.0 Å². The van der Waals surface area contributed by atoms with E-state index in [1.54, 1.807) is 24.3 Å². The van der Waals surface area contributed by atoms with Crippen LogP contribution < -0.4 is 0 Å². The Hall–Kier alpha value is -2.53. The van der Waals surface area contributed by atoms with Crippen LogP contribution in [0, 0.1) is 0 Å². The molecule has 2 aromatic rings. The van der Waals surface area contributed by atoms with Gasteiger partial charge in [-0.2, -0.15) is 0 Å². The number of phenolic OH excluding ortho intramolecular Hbond substituents is 2. The first-order valence-electron chi connectivity index (χ1n) is 6.97. The molecule has 0 aliphatic heterocycles. The van der Waals surface area contributed by atoms with Gasteiger partial charge in [0.2, 0.25) is 0 Å². The molecular weight excluding hydrogens is 312 g/mol. The molecule has 23 heavy (non-hydrogen) atoms.